The van der Waals surface area contributed by atoms with E-state index < -0.39 is 11.6 Å². The van der Waals surface area contributed by atoms with Gasteiger partial charge in [-0.05, 0) is 48.6 Å². The van der Waals surface area contributed by atoms with Crippen molar-refractivity contribution < 1.29 is 23.9 Å². The molecule has 1 saturated heterocycles. The smallest absolute Gasteiger partial charge is 0.325 e. The Kier molecular flexibility index (Phi) is 4.46. The zero-order chi connectivity index (χ0) is 20.7. The van der Waals surface area contributed by atoms with Crippen LogP contribution in [0.15, 0.2) is 42.5 Å². The third kappa shape index (κ3) is 2.93. The van der Waals surface area contributed by atoms with Crippen molar-refractivity contribution in [1.29, 1.82) is 0 Å². The molecule has 0 radical (unpaired) electrons. The summed E-state index contributed by atoms with van der Waals surface area (Å²) < 4.78 is 11.2. The van der Waals surface area contributed by atoms with Crippen LogP contribution < -0.4 is 14.8 Å². The molecule has 7 nitrogen and oxygen atoms in total. The van der Waals surface area contributed by atoms with Gasteiger partial charge in [-0.1, -0.05) is 24.3 Å². The number of carbonyl (C=O) groups excluding carboxylic acids is 3. The Morgan fingerprint density at radius 2 is 1.83 bits per heavy atom. The molecule has 0 aromatic heterocycles. The second-order valence-corrected chi connectivity index (χ2v) is 7.87. The second-order valence-electron chi connectivity index (χ2n) is 7.87. The summed E-state index contributed by atoms with van der Waals surface area (Å²) in [7, 11) is 0. The first kappa shape index (κ1) is 18.7. The number of urea groups is 1. The number of nitrogens with one attached hydrogen (secondary N) is 1. The molecular formula is C23H22N2O5. The minimum atomic E-state index is -1.07. The van der Waals surface area contributed by atoms with Crippen molar-refractivity contribution in [1.82, 2.24) is 10.2 Å². The molecule has 0 bridgehead atoms. The number of carbonyl (C=O) groups is 3. The number of Topliss-reactive ketones (excluding diaryl/α,β-unsaturated/α-hetero) is 1. The number of ether oxygens (including phenoxy) is 2. The molecule has 154 valence electrons. The third-order valence-electron chi connectivity index (χ3n) is 6.02. The molecule has 3 amide bonds. The maximum Gasteiger partial charge on any atom is 0.325 e. The predicted octanol–water partition coefficient (Wildman–Crippen LogP) is 2.81. The van der Waals surface area contributed by atoms with Crippen molar-refractivity contribution in [3.63, 3.8) is 0 Å². The average molecular weight is 406 g/mol. The first-order chi connectivity index (χ1) is 14.6. The topological polar surface area (TPSA) is 84.9 Å². The fraction of sp³-hybridized carbons (Fsp3) is 0.348. The highest BCUT2D eigenvalue weighted by Crippen LogP contribution is 2.40. The Labute approximate surface area is 174 Å². The standard InChI is InChI=1S/C23H22N2O5/c26-18(16-8-9-19-20(13-16)30-12-4-11-29-19)14-25-21(27)23(24-22(25)28)10-3-6-15-5-1-2-7-17(15)23/h1-2,5,7-9,13H,3-4,6,10-12,14H2,(H,24,28)/t23-/m0/s1. The summed E-state index contributed by atoms with van der Waals surface area (Å²) in [5, 5.41) is 2.88. The number of aryl methyl sites for hydroxylation is 1. The fourth-order valence-corrected chi connectivity index (χ4v) is 4.53. The van der Waals surface area contributed by atoms with Crippen molar-refractivity contribution in [3.8, 4) is 11.5 Å². The molecule has 2 aliphatic heterocycles. The molecule has 1 fully saturated rings. The van der Waals surface area contributed by atoms with E-state index in [1.54, 1.807) is 18.2 Å². The normalized spacial score (nSPS) is 22.5. The lowest BCUT2D eigenvalue weighted by Crippen LogP contribution is -2.46. The molecule has 0 saturated carbocycles. The second kappa shape index (κ2) is 7.16. The molecule has 1 atom stereocenters. The minimum absolute atomic E-state index is 0.311. The van der Waals surface area contributed by atoms with Gasteiger partial charge in [-0.25, -0.2) is 4.79 Å². The van der Waals surface area contributed by atoms with Crippen molar-refractivity contribution in [2.24, 2.45) is 0 Å². The lowest BCUT2D eigenvalue weighted by atomic mass is 9.76. The van der Waals surface area contributed by atoms with E-state index in [1.165, 1.54) is 0 Å². The van der Waals surface area contributed by atoms with Gasteiger partial charge in [-0.2, -0.15) is 0 Å². The van der Waals surface area contributed by atoms with Crippen molar-refractivity contribution >= 4 is 17.7 Å². The summed E-state index contributed by atoms with van der Waals surface area (Å²) >= 11 is 0. The van der Waals surface area contributed by atoms with Crippen molar-refractivity contribution in [2.45, 2.75) is 31.2 Å². The third-order valence-corrected chi connectivity index (χ3v) is 6.02. The van der Waals surface area contributed by atoms with Crippen molar-refractivity contribution in [2.75, 3.05) is 19.8 Å². The van der Waals surface area contributed by atoms with Crippen LogP contribution in [-0.2, 0) is 16.8 Å². The van der Waals surface area contributed by atoms with Gasteiger partial charge in [0.05, 0.1) is 19.8 Å². The van der Waals surface area contributed by atoms with Crippen molar-refractivity contribution in [3.05, 3.63) is 59.2 Å². The molecule has 3 aliphatic rings. The number of amides is 3. The maximum atomic E-state index is 13.3. The lowest BCUT2D eigenvalue weighted by Gasteiger charge is -2.33. The average Bonchev–Trinajstić information content (AvgIpc) is 2.93. The summed E-state index contributed by atoms with van der Waals surface area (Å²) in [6.45, 7) is 0.764. The number of benzene rings is 2. The Hall–Kier alpha value is -3.35. The molecule has 1 spiro atoms. The number of fused-ring (bicyclic) bond motifs is 3. The molecule has 1 aliphatic carbocycles. The van der Waals surface area contributed by atoms with E-state index in [4.69, 9.17) is 9.47 Å². The largest absolute Gasteiger partial charge is 0.490 e. The van der Waals surface area contributed by atoms with Gasteiger partial charge in [0, 0.05) is 12.0 Å². The van der Waals surface area contributed by atoms with E-state index in [2.05, 4.69) is 5.32 Å². The first-order valence-corrected chi connectivity index (χ1v) is 10.2. The van der Waals surface area contributed by atoms with Gasteiger partial charge in [0.2, 0.25) is 0 Å². The van der Waals surface area contributed by atoms with Crippen LogP contribution in [0.5, 0.6) is 11.5 Å². The van der Waals surface area contributed by atoms with Gasteiger partial charge in [-0.15, -0.1) is 0 Å². The molecule has 2 heterocycles. The van der Waals surface area contributed by atoms with Gasteiger partial charge in [0.25, 0.3) is 5.91 Å². The molecule has 1 N–H and O–H groups in total. The zero-order valence-corrected chi connectivity index (χ0v) is 16.5. The summed E-state index contributed by atoms with van der Waals surface area (Å²) in [4.78, 5) is 40.0. The minimum Gasteiger partial charge on any atom is -0.490 e. The van der Waals surface area contributed by atoms with E-state index in [1.807, 2.05) is 24.3 Å². The van der Waals surface area contributed by atoms with Crippen LogP contribution in [-0.4, -0.2) is 42.4 Å². The van der Waals surface area contributed by atoms with E-state index in [-0.39, 0.29) is 18.2 Å². The SMILES string of the molecule is O=C(CN1C(=O)N[C@]2(CCCc3ccccc32)C1=O)c1ccc2c(c1)OCCCO2. The Balaban J connectivity index is 1.40. The zero-order valence-electron chi connectivity index (χ0n) is 16.5. The Bertz CT molecular complexity index is 1050. The van der Waals surface area contributed by atoms with E-state index >= 15 is 0 Å². The monoisotopic (exact) mass is 406 g/mol. The number of hydrogen-bond acceptors (Lipinski definition) is 5. The number of hydrogen-bond donors (Lipinski definition) is 1. The van der Waals surface area contributed by atoms with E-state index in [9.17, 15) is 14.4 Å². The highest BCUT2D eigenvalue weighted by molar-refractivity contribution is 6.11. The van der Waals surface area contributed by atoms with Gasteiger partial charge in [0.1, 0.15) is 5.54 Å². The number of ketones is 1. The van der Waals surface area contributed by atoms with Crippen LogP contribution in [0, 0.1) is 0 Å². The summed E-state index contributed by atoms with van der Waals surface area (Å²) in [6.07, 6.45) is 2.97. The quantitative estimate of drug-likeness (QED) is 0.626. The van der Waals surface area contributed by atoms with Crippen LogP contribution in [0.3, 0.4) is 0 Å². The molecule has 2 aromatic carbocycles. The maximum absolute atomic E-state index is 13.3. The number of nitrogens with zero attached hydrogens (tertiary/aromatic N) is 1. The molecule has 2 aromatic rings. The first-order valence-electron chi connectivity index (χ1n) is 10.2. The molecule has 30 heavy (non-hydrogen) atoms. The Morgan fingerprint density at radius 3 is 2.70 bits per heavy atom. The lowest BCUT2D eigenvalue weighted by molar-refractivity contribution is -0.131. The summed E-state index contributed by atoms with van der Waals surface area (Å²) in [5.41, 5.74) is 1.20. The molecule has 7 heteroatoms. The molecule has 0 unspecified atom stereocenters. The predicted molar refractivity (Wildman–Crippen MR) is 108 cm³/mol. The van der Waals surface area contributed by atoms with E-state index in [0.717, 1.165) is 35.3 Å². The highest BCUT2D eigenvalue weighted by atomic mass is 16.5. The van der Waals surface area contributed by atoms with Crippen LogP contribution in [0.25, 0.3) is 0 Å². The van der Waals surface area contributed by atoms with Crippen LogP contribution in [0.4, 0.5) is 4.79 Å². The van der Waals surface area contributed by atoms with Gasteiger partial charge in [-0.3, -0.25) is 14.5 Å². The van der Waals surface area contributed by atoms with Crippen LogP contribution in [0.1, 0.15) is 40.7 Å². The number of imide groups is 1. The van der Waals surface area contributed by atoms with E-state index in [0.29, 0.717) is 36.7 Å². The molecule has 5 rings (SSSR count). The summed E-state index contributed by atoms with van der Waals surface area (Å²) in [5.74, 6) is 0.419. The molecular weight excluding hydrogens is 384 g/mol. The van der Waals surface area contributed by atoms with Gasteiger partial charge >= 0.3 is 6.03 Å². The van der Waals surface area contributed by atoms with Gasteiger partial charge in [0.15, 0.2) is 17.3 Å². The summed E-state index contributed by atoms with van der Waals surface area (Å²) in [6, 6.07) is 12.1. The number of rotatable bonds is 3. The Morgan fingerprint density at radius 1 is 1.03 bits per heavy atom. The van der Waals surface area contributed by atoms with Gasteiger partial charge < -0.3 is 14.8 Å². The fourth-order valence-electron chi connectivity index (χ4n) is 4.53. The van der Waals surface area contributed by atoms with Crippen LogP contribution in [0.2, 0.25) is 0 Å². The highest BCUT2D eigenvalue weighted by Gasteiger charge is 2.54. The van der Waals surface area contributed by atoms with Crippen LogP contribution >= 0.6 is 0 Å².